The van der Waals surface area contributed by atoms with Crippen molar-refractivity contribution in [3.05, 3.63) is 34.9 Å². The van der Waals surface area contributed by atoms with Crippen molar-refractivity contribution >= 4 is 40.6 Å². The molecule has 1 unspecified atom stereocenters. The summed E-state index contributed by atoms with van der Waals surface area (Å²) in [4.78, 5) is 21.4. The van der Waals surface area contributed by atoms with Crippen molar-refractivity contribution in [2.45, 2.75) is 19.2 Å². The molecule has 0 bridgehead atoms. The Balaban J connectivity index is 2.09. The highest BCUT2D eigenvalue weighted by Gasteiger charge is 2.40. The number of hydrogen-bond acceptors (Lipinski definition) is 7. The number of hydrogen-bond donors (Lipinski definition) is 1. The van der Waals surface area contributed by atoms with Crippen LogP contribution >= 0.6 is 23.4 Å². The van der Waals surface area contributed by atoms with Crippen molar-refractivity contribution in [3.63, 3.8) is 0 Å². The number of oxime groups is 1. The van der Waals surface area contributed by atoms with Gasteiger partial charge in [-0.3, -0.25) is 4.99 Å². The van der Waals surface area contributed by atoms with Crippen molar-refractivity contribution in [1.82, 2.24) is 0 Å². The average Bonchev–Trinajstić information content (AvgIpc) is 2.93. The summed E-state index contributed by atoms with van der Waals surface area (Å²) in [5.41, 5.74) is 7.30. The third-order valence-electron chi connectivity index (χ3n) is 2.84. The molecule has 0 spiro atoms. The van der Waals surface area contributed by atoms with Crippen LogP contribution in [0.3, 0.4) is 0 Å². The number of halogens is 1. The zero-order chi connectivity index (χ0) is 16.0. The van der Waals surface area contributed by atoms with E-state index in [1.807, 2.05) is 12.1 Å². The number of nitrogens with zero attached hydrogens (tertiary/aromatic N) is 2. The maximum absolute atomic E-state index is 12.0. The molecular formula is C14H16ClN3O3S. The first kappa shape index (κ1) is 16.8. The average molecular weight is 342 g/mol. The van der Waals surface area contributed by atoms with Gasteiger partial charge in [0.1, 0.15) is 6.61 Å². The van der Waals surface area contributed by atoms with E-state index in [4.69, 9.17) is 26.9 Å². The highest BCUT2D eigenvalue weighted by atomic mass is 35.5. The Morgan fingerprint density at radius 2 is 2.23 bits per heavy atom. The molecule has 2 rings (SSSR count). The fraction of sp³-hybridized carbons (Fsp3) is 0.357. The molecule has 1 aliphatic heterocycles. The van der Waals surface area contributed by atoms with Crippen molar-refractivity contribution in [1.29, 1.82) is 0 Å². The summed E-state index contributed by atoms with van der Waals surface area (Å²) in [6, 6.07) is 7.12. The van der Waals surface area contributed by atoms with E-state index in [-0.39, 0.29) is 18.9 Å². The normalized spacial score (nSPS) is 21.0. The highest BCUT2D eigenvalue weighted by molar-refractivity contribution is 8.12. The van der Waals surface area contributed by atoms with Crippen molar-refractivity contribution < 1.29 is 14.4 Å². The molecule has 6 nitrogen and oxygen atoms in total. The number of ether oxygens (including phenoxy) is 1. The third-order valence-corrected chi connectivity index (χ3v) is 3.95. The summed E-state index contributed by atoms with van der Waals surface area (Å²) in [7, 11) is 0. The van der Waals surface area contributed by atoms with Gasteiger partial charge in [0.05, 0.1) is 12.2 Å². The summed E-state index contributed by atoms with van der Waals surface area (Å²) in [6.07, 6.45) is 0. The number of rotatable bonds is 6. The lowest BCUT2D eigenvalue weighted by atomic mass is 10.1. The SMILES string of the molecule is CCOC(=O)C(=NOCc1ccc(Cl)cc1)C1(N)CSC=N1. The molecule has 1 aromatic rings. The number of benzene rings is 1. The lowest BCUT2D eigenvalue weighted by Crippen LogP contribution is -2.51. The predicted molar refractivity (Wildman–Crippen MR) is 88.2 cm³/mol. The van der Waals surface area contributed by atoms with Crippen LogP contribution in [-0.4, -0.2) is 35.3 Å². The molecule has 0 aliphatic carbocycles. The Bertz CT molecular complexity index is 592. The Labute approximate surface area is 137 Å². The van der Waals surface area contributed by atoms with E-state index in [0.29, 0.717) is 10.8 Å². The number of aliphatic imine (C=N–C) groups is 1. The van der Waals surface area contributed by atoms with Crippen LogP contribution in [-0.2, 0) is 21.0 Å². The molecule has 1 aromatic carbocycles. The van der Waals surface area contributed by atoms with E-state index in [1.54, 1.807) is 24.6 Å². The molecule has 0 amide bonds. The summed E-state index contributed by atoms with van der Waals surface area (Å²) in [5, 5.41) is 4.51. The number of thioether (sulfide) groups is 1. The monoisotopic (exact) mass is 341 g/mol. The summed E-state index contributed by atoms with van der Waals surface area (Å²) < 4.78 is 4.97. The lowest BCUT2D eigenvalue weighted by Gasteiger charge is -2.20. The zero-order valence-electron chi connectivity index (χ0n) is 12.0. The van der Waals surface area contributed by atoms with E-state index < -0.39 is 11.6 Å². The molecule has 8 heteroatoms. The Morgan fingerprint density at radius 3 is 2.82 bits per heavy atom. The summed E-state index contributed by atoms with van der Waals surface area (Å²) in [5.74, 6) is -0.213. The van der Waals surface area contributed by atoms with Gasteiger partial charge in [0.15, 0.2) is 5.66 Å². The van der Waals surface area contributed by atoms with Crippen LogP contribution in [0.4, 0.5) is 0 Å². The summed E-state index contributed by atoms with van der Waals surface area (Å²) in [6.45, 7) is 2.12. The van der Waals surface area contributed by atoms with Gasteiger partial charge in [0, 0.05) is 10.8 Å². The highest BCUT2D eigenvalue weighted by Crippen LogP contribution is 2.21. The maximum atomic E-state index is 12.0. The first-order valence-corrected chi connectivity index (χ1v) is 8.04. The number of nitrogens with two attached hydrogens (primary N) is 1. The van der Waals surface area contributed by atoms with Gasteiger partial charge < -0.3 is 15.3 Å². The van der Waals surface area contributed by atoms with Crippen LogP contribution in [0.1, 0.15) is 12.5 Å². The first-order chi connectivity index (χ1) is 10.5. The van der Waals surface area contributed by atoms with Crippen LogP contribution in [0, 0.1) is 0 Å². The third kappa shape index (κ3) is 4.22. The molecule has 0 aromatic heterocycles. The Morgan fingerprint density at radius 1 is 1.50 bits per heavy atom. The number of carbonyl (C=O) groups is 1. The maximum Gasteiger partial charge on any atom is 0.360 e. The molecule has 0 saturated carbocycles. The molecule has 1 heterocycles. The van der Waals surface area contributed by atoms with Gasteiger partial charge in [-0.2, -0.15) is 0 Å². The van der Waals surface area contributed by atoms with Crippen LogP contribution in [0.5, 0.6) is 0 Å². The molecule has 0 radical (unpaired) electrons. The van der Waals surface area contributed by atoms with Crippen molar-refractivity contribution in [2.24, 2.45) is 15.9 Å². The smallest absolute Gasteiger partial charge is 0.360 e. The van der Waals surface area contributed by atoms with Crippen molar-refractivity contribution in [3.8, 4) is 0 Å². The minimum absolute atomic E-state index is 0.0374. The minimum Gasteiger partial charge on any atom is -0.461 e. The van der Waals surface area contributed by atoms with Gasteiger partial charge >= 0.3 is 5.97 Å². The van der Waals surface area contributed by atoms with Crippen LogP contribution in [0.25, 0.3) is 0 Å². The Hall–Kier alpha value is -1.57. The second kappa shape index (κ2) is 7.62. The second-order valence-corrected chi connectivity index (χ2v) is 5.80. The number of carbonyl (C=O) groups excluding carboxylic acids is 1. The first-order valence-electron chi connectivity index (χ1n) is 6.61. The lowest BCUT2D eigenvalue weighted by molar-refractivity contribution is -0.135. The van der Waals surface area contributed by atoms with Crippen LogP contribution in [0.15, 0.2) is 34.4 Å². The fourth-order valence-corrected chi connectivity index (χ4v) is 2.64. The zero-order valence-corrected chi connectivity index (χ0v) is 13.6. The molecule has 2 N–H and O–H groups in total. The molecule has 1 aliphatic rings. The van der Waals surface area contributed by atoms with E-state index in [2.05, 4.69) is 10.1 Å². The molecule has 118 valence electrons. The minimum atomic E-state index is -1.21. The van der Waals surface area contributed by atoms with Gasteiger partial charge in [0.2, 0.25) is 5.71 Å². The number of esters is 1. The van der Waals surface area contributed by atoms with E-state index in [1.165, 1.54) is 11.8 Å². The molecular weight excluding hydrogens is 326 g/mol. The van der Waals surface area contributed by atoms with E-state index in [9.17, 15) is 4.79 Å². The quantitative estimate of drug-likeness (QED) is 0.487. The second-order valence-electron chi connectivity index (χ2n) is 4.53. The topological polar surface area (TPSA) is 86.3 Å². The van der Waals surface area contributed by atoms with Crippen LogP contribution in [0.2, 0.25) is 5.02 Å². The van der Waals surface area contributed by atoms with Gasteiger partial charge in [-0.15, -0.1) is 11.8 Å². The summed E-state index contributed by atoms with van der Waals surface area (Å²) >= 11 is 7.21. The van der Waals surface area contributed by atoms with Gasteiger partial charge in [0.25, 0.3) is 0 Å². The van der Waals surface area contributed by atoms with E-state index in [0.717, 1.165) is 5.56 Å². The van der Waals surface area contributed by atoms with Crippen LogP contribution < -0.4 is 5.73 Å². The van der Waals surface area contributed by atoms with Gasteiger partial charge in [-0.1, -0.05) is 28.9 Å². The molecule has 0 fully saturated rings. The molecule has 22 heavy (non-hydrogen) atoms. The molecule has 1 atom stereocenters. The Kier molecular flexibility index (Phi) is 5.82. The van der Waals surface area contributed by atoms with E-state index >= 15 is 0 Å². The standard InChI is InChI=1S/C14H16ClN3O3S/c1-2-20-13(19)12(14(16)8-22-9-17-14)18-21-7-10-3-5-11(15)6-4-10/h3-6,9H,2,7-8,16H2,1H3. The van der Waals surface area contributed by atoms with Gasteiger partial charge in [-0.05, 0) is 24.6 Å². The largest absolute Gasteiger partial charge is 0.461 e. The predicted octanol–water partition coefficient (Wildman–Crippen LogP) is 2.21. The van der Waals surface area contributed by atoms with Crippen molar-refractivity contribution in [2.75, 3.05) is 12.4 Å². The molecule has 0 saturated heterocycles. The van der Waals surface area contributed by atoms with Gasteiger partial charge in [-0.25, -0.2) is 4.79 Å². The fourth-order valence-electron chi connectivity index (χ4n) is 1.71.